The number of nitrogens with zero attached hydrogens (tertiary/aromatic N) is 3. The van der Waals surface area contributed by atoms with E-state index in [-0.39, 0.29) is 20.8 Å². The summed E-state index contributed by atoms with van der Waals surface area (Å²) in [7, 11) is -3.84. The van der Waals surface area contributed by atoms with E-state index in [1.165, 1.54) is 41.3 Å². The van der Waals surface area contributed by atoms with Crippen LogP contribution in [0.5, 0.6) is 0 Å². The Morgan fingerprint density at radius 3 is 2.62 bits per heavy atom. The van der Waals surface area contributed by atoms with E-state index < -0.39 is 26.9 Å². The largest absolute Gasteiger partial charge is 0.381 e. The quantitative estimate of drug-likeness (QED) is 0.529. The predicted molar refractivity (Wildman–Crippen MR) is 117 cm³/mol. The summed E-state index contributed by atoms with van der Waals surface area (Å²) in [6, 6.07) is 5.02. The van der Waals surface area contributed by atoms with Crippen molar-refractivity contribution >= 4 is 43.8 Å². The highest BCUT2D eigenvalue weighted by atomic mass is 35.5. The van der Waals surface area contributed by atoms with Crippen molar-refractivity contribution in [3.05, 3.63) is 53.0 Å². The molecule has 1 N–H and O–H groups in total. The molecule has 1 aliphatic rings. The number of hydrogen-bond acceptors (Lipinski definition) is 7. The molecule has 1 saturated heterocycles. The number of halogens is 2. The second-order valence-corrected chi connectivity index (χ2v) is 10.7. The van der Waals surface area contributed by atoms with Crippen LogP contribution in [0, 0.1) is 11.0 Å². The second kappa shape index (κ2) is 9.65. The van der Waals surface area contributed by atoms with Gasteiger partial charge in [0.15, 0.2) is 10.3 Å². The summed E-state index contributed by atoms with van der Waals surface area (Å²) >= 11 is 6.57. The van der Waals surface area contributed by atoms with Gasteiger partial charge in [0, 0.05) is 24.4 Å². The van der Waals surface area contributed by atoms with Gasteiger partial charge in [0.2, 0.25) is 9.84 Å². The fourth-order valence-electron chi connectivity index (χ4n) is 3.51. The third kappa shape index (κ3) is 5.17. The number of hydrogen-bond donors (Lipinski definition) is 1. The van der Waals surface area contributed by atoms with Gasteiger partial charge in [-0.15, -0.1) is 0 Å². The van der Waals surface area contributed by atoms with Crippen molar-refractivity contribution in [2.45, 2.75) is 35.1 Å². The minimum atomic E-state index is -3.84. The maximum Gasteiger partial charge on any atom is 0.251 e. The fraction of sp³-hybridized carbons (Fsp3) is 0.350. The first-order chi connectivity index (χ1) is 15.3. The minimum absolute atomic E-state index is 0.0371. The lowest BCUT2D eigenvalue weighted by atomic mass is 9.92. The Hall–Kier alpha value is -2.34. The Balaban J connectivity index is 1.61. The molecule has 0 aliphatic carbocycles. The van der Waals surface area contributed by atoms with Crippen LogP contribution in [0.15, 0.2) is 52.6 Å². The summed E-state index contributed by atoms with van der Waals surface area (Å²) in [5.74, 6) is -0.238. The lowest BCUT2D eigenvalue weighted by Gasteiger charge is -2.26. The van der Waals surface area contributed by atoms with Crippen LogP contribution in [0.1, 0.15) is 25.3 Å². The van der Waals surface area contributed by atoms with Crippen molar-refractivity contribution in [3.63, 3.8) is 0 Å². The van der Waals surface area contributed by atoms with Crippen molar-refractivity contribution < 1.29 is 22.3 Å². The van der Waals surface area contributed by atoms with Crippen molar-refractivity contribution in [2.75, 3.05) is 18.5 Å². The van der Waals surface area contributed by atoms with Crippen LogP contribution in [-0.2, 0) is 19.4 Å². The molecular formula is C20H20ClFN4O4S2. The van der Waals surface area contributed by atoms with Crippen LogP contribution in [0.4, 0.5) is 9.52 Å². The number of thiazole rings is 1. The average molecular weight is 499 g/mol. The third-order valence-corrected chi connectivity index (χ3v) is 7.92. The number of ether oxygens (including phenoxy) is 1. The first kappa shape index (κ1) is 22.8. The van der Waals surface area contributed by atoms with Crippen LogP contribution in [0.3, 0.4) is 0 Å². The van der Waals surface area contributed by atoms with E-state index in [0.717, 1.165) is 19.0 Å². The molecule has 1 atom stereocenters. The van der Waals surface area contributed by atoms with Gasteiger partial charge in [-0.3, -0.25) is 9.48 Å². The van der Waals surface area contributed by atoms with Gasteiger partial charge in [-0.05, 0) is 49.4 Å². The van der Waals surface area contributed by atoms with Crippen LogP contribution >= 0.6 is 22.9 Å². The van der Waals surface area contributed by atoms with E-state index in [0.29, 0.717) is 36.0 Å². The standard InChI is InChI=1S/C20H20ClFN4O4S2/c21-14-1-3-15(4-2-14)32(28,29)16-10-24-26(12-16)17(9-13-5-7-30-8-6-13)19(27)25-20-23-11-18(22)31-20/h1-4,10-13,17H,5-9H2,(H,23,25,27). The van der Waals surface area contributed by atoms with E-state index in [9.17, 15) is 17.6 Å². The van der Waals surface area contributed by atoms with E-state index in [2.05, 4.69) is 15.4 Å². The fourth-order valence-corrected chi connectivity index (χ4v) is 5.39. The van der Waals surface area contributed by atoms with Crippen LogP contribution < -0.4 is 5.32 Å². The molecule has 1 aliphatic heterocycles. The summed E-state index contributed by atoms with van der Waals surface area (Å²) in [6.07, 6.45) is 5.59. The van der Waals surface area contributed by atoms with Crippen LogP contribution in [0.25, 0.3) is 0 Å². The molecule has 0 saturated carbocycles. The normalized spacial score (nSPS) is 16.1. The van der Waals surface area contributed by atoms with Gasteiger partial charge >= 0.3 is 0 Å². The number of carbonyl (C=O) groups excluding carboxylic acids is 1. The molecule has 1 amide bonds. The molecule has 0 radical (unpaired) electrons. The number of amides is 1. The zero-order chi connectivity index (χ0) is 22.7. The smallest absolute Gasteiger partial charge is 0.251 e. The maximum absolute atomic E-state index is 13.3. The Bertz CT molecular complexity index is 1190. The van der Waals surface area contributed by atoms with E-state index >= 15 is 0 Å². The number of carbonyl (C=O) groups is 1. The van der Waals surface area contributed by atoms with Gasteiger partial charge < -0.3 is 10.1 Å². The molecule has 8 nitrogen and oxygen atoms in total. The predicted octanol–water partition coefficient (Wildman–Crippen LogP) is 3.96. The number of benzene rings is 1. The third-order valence-electron chi connectivity index (χ3n) is 5.24. The van der Waals surface area contributed by atoms with Gasteiger partial charge in [0.1, 0.15) is 10.9 Å². The van der Waals surface area contributed by atoms with Crippen molar-refractivity contribution in [3.8, 4) is 0 Å². The Morgan fingerprint density at radius 1 is 1.25 bits per heavy atom. The van der Waals surface area contributed by atoms with Crippen molar-refractivity contribution in [1.29, 1.82) is 0 Å². The Kier molecular flexibility index (Phi) is 6.89. The minimum Gasteiger partial charge on any atom is -0.381 e. The molecule has 0 bridgehead atoms. The molecule has 170 valence electrons. The summed E-state index contributed by atoms with van der Waals surface area (Å²) in [5.41, 5.74) is 0. The highest BCUT2D eigenvalue weighted by Gasteiger charge is 2.29. The average Bonchev–Trinajstić information content (AvgIpc) is 3.43. The SMILES string of the molecule is O=C(Nc1ncc(F)s1)C(CC1CCOCC1)n1cc(S(=O)(=O)c2ccc(Cl)cc2)cn1. The molecule has 12 heteroatoms. The molecule has 3 heterocycles. The monoisotopic (exact) mass is 498 g/mol. The summed E-state index contributed by atoms with van der Waals surface area (Å²) in [4.78, 5) is 16.9. The first-order valence-corrected chi connectivity index (χ1v) is 12.6. The lowest BCUT2D eigenvalue weighted by Crippen LogP contribution is -2.30. The van der Waals surface area contributed by atoms with Gasteiger partial charge in [-0.25, -0.2) is 13.4 Å². The number of aromatic nitrogens is 3. The van der Waals surface area contributed by atoms with Gasteiger partial charge in [0.05, 0.1) is 17.3 Å². The molecule has 4 rings (SSSR count). The maximum atomic E-state index is 13.3. The van der Waals surface area contributed by atoms with E-state index in [1.807, 2.05) is 0 Å². The Morgan fingerprint density at radius 2 is 1.97 bits per heavy atom. The van der Waals surface area contributed by atoms with Gasteiger partial charge in [-0.2, -0.15) is 9.49 Å². The van der Waals surface area contributed by atoms with Crippen molar-refractivity contribution in [1.82, 2.24) is 14.8 Å². The summed E-state index contributed by atoms with van der Waals surface area (Å²) in [5, 5.41) is 6.83. The molecule has 32 heavy (non-hydrogen) atoms. The molecule has 3 aromatic rings. The van der Waals surface area contributed by atoms with E-state index in [1.54, 1.807) is 0 Å². The summed E-state index contributed by atoms with van der Waals surface area (Å²) < 4.78 is 46.0. The topological polar surface area (TPSA) is 103 Å². The highest BCUT2D eigenvalue weighted by Crippen LogP contribution is 2.29. The number of anilines is 1. The molecular weight excluding hydrogens is 479 g/mol. The van der Waals surface area contributed by atoms with Gasteiger partial charge in [-0.1, -0.05) is 22.9 Å². The van der Waals surface area contributed by atoms with E-state index in [4.69, 9.17) is 16.3 Å². The second-order valence-electron chi connectivity index (χ2n) is 7.38. The molecule has 0 spiro atoms. The number of nitrogens with one attached hydrogen (secondary N) is 1. The first-order valence-electron chi connectivity index (χ1n) is 9.87. The van der Waals surface area contributed by atoms with Crippen LogP contribution in [-0.4, -0.2) is 42.3 Å². The zero-order valence-corrected chi connectivity index (χ0v) is 19.2. The highest BCUT2D eigenvalue weighted by molar-refractivity contribution is 7.91. The van der Waals surface area contributed by atoms with Crippen molar-refractivity contribution in [2.24, 2.45) is 5.92 Å². The lowest BCUT2D eigenvalue weighted by molar-refractivity contribution is -0.120. The molecule has 1 aromatic carbocycles. The Labute approximate surface area is 193 Å². The summed E-state index contributed by atoms with van der Waals surface area (Å²) in [6.45, 7) is 1.21. The number of sulfone groups is 1. The van der Waals surface area contributed by atoms with Gasteiger partial charge in [0.25, 0.3) is 5.91 Å². The van der Waals surface area contributed by atoms with Crippen LogP contribution in [0.2, 0.25) is 5.02 Å². The zero-order valence-electron chi connectivity index (χ0n) is 16.8. The molecule has 2 aromatic heterocycles. The molecule has 1 unspecified atom stereocenters. The number of rotatable bonds is 7. The molecule has 1 fully saturated rings.